The Morgan fingerprint density at radius 3 is 2.75 bits per heavy atom. The first-order chi connectivity index (χ1) is 5.59. The van der Waals surface area contributed by atoms with Gasteiger partial charge in [0.25, 0.3) is 0 Å². The molecule has 1 aliphatic heterocycles. The molecule has 1 aliphatic rings. The molecule has 1 heterocycles. The van der Waals surface area contributed by atoms with Crippen LogP contribution in [-0.4, -0.2) is 35.9 Å². The lowest BCUT2D eigenvalue weighted by atomic mass is 10.2. The van der Waals surface area contributed by atoms with E-state index in [1.165, 1.54) is 0 Å². The van der Waals surface area contributed by atoms with Crippen LogP contribution in [0.15, 0.2) is 0 Å². The van der Waals surface area contributed by atoms with E-state index in [4.69, 9.17) is 9.84 Å². The molecule has 70 valence electrons. The monoisotopic (exact) mass is 173 g/mol. The molecule has 0 spiro atoms. The molecule has 4 nitrogen and oxygen atoms in total. The fraction of sp³-hybridized carbons (Fsp3) is 0.875. The van der Waals surface area contributed by atoms with Crippen LogP contribution in [0.5, 0.6) is 0 Å². The first-order valence-electron chi connectivity index (χ1n) is 4.21. The fourth-order valence-corrected chi connectivity index (χ4v) is 1.21. The van der Waals surface area contributed by atoms with Gasteiger partial charge >= 0.3 is 5.97 Å². The zero-order chi connectivity index (χ0) is 9.14. The largest absolute Gasteiger partial charge is 0.462 e. The highest BCUT2D eigenvalue weighted by Crippen LogP contribution is 2.08. The maximum absolute atomic E-state index is 11.2. The molecule has 0 aromatic carbocycles. The van der Waals surface area contributed by atoms with Crippen molar-refractivity contribution in [2.24, 2.45) is 0 Å². The van der Waals surface area contributed by atoms with Gasteiger partial charge in [-0.2, -0.15) is 0 Å². The zero-order valence-corrected chi connectivity index (χ0v) is 7.41. The minimum atomic E-state index is -0.408. The summed E-state index contributed by atoms with van der Waals surface area (Å²) in [6, 6.07) is -0.317. The highest BCUT2D eigenvalue weighted by molar-refractivity contribution is 5.76. The summed E-state index contributed by atoms with van der Waals surface area (Å²) in [6.07, 6.45) is -0.0299. The summed E-state index contributed by atoms with van der Waals surface area (Å²) in [5.41, 5.74) is 0. The molecule has 0 amide bonds. The van der Waals surface area contributed by atoms with E-state index in [0.29, 0.717) is 13.0 Å². The van der Waals surface area contributed by atoms with Gasteiger partial charge in [0.15, 0.2) is 0 Å². The molecular formula is C8H15NO3. The Hall–Kier alpha value is -0.610. The Kier molecular flexibility index (Phi) is 3.05. The number of ether oxygens (including phenoxy) is 1. The summed E-state index contributed by atoms with van der Waals surface area (Å²) in [6.45, 7) is 4.10. The average molecular weight is 173 g/mol. The number of carbonyl (C=O) groups excluding carboxylic acids is 1. The second-order valence-corrected chi connectivity index (χ2v) is 3.34. The van der Waals surface area contributed by atoms with Gasteiger partial charge in [0, 0.05) is 13.0 Å². The number of hydrogen-bond acceptors (Lipinski definition) is 4. The van der Waals surface area contributed by atoms with E-state index < -0.39 is 6.10 Å². The van der Waals surface area contributed by atoms with Crippen LogP contribution in [0.2, 0.25) is 0 Å². The van der Waals surface area contributed by atoms with Gasteiger partial charge in [-0.25, -0.2) is 0 Å². The summed E-state index contributed by atoms with van der Waals surface area (Å²) in [5.74, 6) is -0.262. The zero-order valence-electron chi connectivity index (χ0n) is 7.41. The molecular weight excluding hydrogens is 158 g/mol. The van der Waals surface area contributed by atoms with Gasteiger partial charge in [-0.15, -0.1) is 0 Å². The summed E-state index contributed by atoms with van der Waals surface area (Å²) < 4.78 is 4.97. The number of β-amino-alcohol motifs (C(OH)–C–C–N with tert-alkyl or cyclic N) is 1. The molecule has 4 heteroatoms. The Balaban J connectivity index is 2.33. The molecule has 2 atom stereocenters. The van der Waals surface area contributed by atoms with Crippen molar-refractivity contribution >= 4 is 5.97 Å². The second kappa shape index (κ2) is 3.87. The molecule has 0 aromatic heterocycles. The van der Waals surface area contributed by atoms with Gasteiger partial charge < -0.3 is 15.2 Å². The van der Waals surface area contributed by atoms with Crippen molar-refractivity contribution in [3.05, 3.63) is 0 Å². The van der Waals surface area contributed by atoms with E-state index in [-0.39, 0.29) is 18.1 Å². The van der Waals surface area contributed by atoms with Crippen molar-refractivity contribution < 1.29 is 14.6 Å². The standard InChI is InChI=1S/C8H15NO3/c1-5(2)12-8(11)7-3-6(10)4-9-7/h5-7,9-10H,3-4H2,1-2H3/t6-,7?/m1/s1. The van der Waals surface area contributed by atoms with Gasteiger partial charge in [0.2, 0.25) is 0 Å². The third-order valence-electron chi connectivity index (χ3n) is 1.74. The van der Waals surface area contributed by atoms with Crippen LogP contribution in [0.3, 0.4) is 0 Å². The Bertz CT molecular complexity index is 170. The highest BCUT2D eigenvalue weighted by Gasteiger charge is 2.29. The second-order valence-electron chi connectivity index (χ2n) is 3.34. The first-order valence-corrected chi connectivity index (χ1v) is 4.21. The van der Waals surface area contributed by atoms with E-state index in [0.717, 1.165) is 0 Å². The normalized spacial score (nSPS) is 29.3. The summed E-state index contributed by atoms with van der Waals surface area (Å²) in [7, 11) is 0. The van der Waals surface area contributed by atoms with Crippen molar-refractivity contribution in [2.45, 2.75) is 38.5 Å². The summed E-state index contributed by atoms with van der Waals surface area (Å²) in [5, 5.41) is 12.0. The SMILES string of the molecule is CC(C)OC(=O)C1C[C@@H](O)CN1. The van der Waals surface area contributed by atoms with E-state index in [9.17, 15) is 4.79 Å². The molecule has 0 bridgehead atoms. The molecule has 1 fully saturated rings. The maximum Gasteiger partial charge on any atom is 0.323 e. The number of esters is 1. The Labute approximate surface area is 71.9 Å². The summed E-state index contributed by atoms with van der Waals surface area (Å²) in [4.78, 5) is 11.2. The average Bonchev–Trinajstić information content (AvgIpc) is 2.34. The van der Waals surface area contributed by atoms with E-state index in [1.807, 2.05) is 13.8 Å². The van der Waals surface area contributed by atoms with Gasteiger partial charge in [0.05, 0.1) is 12.2 Å². The Morgan fingerprint density at radius 2 is 2.33 bits per heavy atom. The van der Waals surface area contributed by atoms with Crippen LogP contribution in [-0.2, 0) is 9.53 Å². The highest BCUT2D eigenvalue weighted by atomic mass is 16.5. The quantitative estimate of drug-likeness (QED) is 0.561. The van der Waals surface area contributed by atoms with Gasteiger partial charge in [0.1, 0.15) is 6.04 Å². The van der Waals surface area contributed by atoms with Gasteiger partial charge in [-0.3, -0.25) is 4.79 Å². The predicted molar refractivity (Wildman–Crippen MR) is 43.6 cm³/mol. The summed E-state index contributed by atoms with van der Waals surface area (Å²) >= 11 is 0. The molecule has 12 heavy (non-hydrogen) atoms. The number of hydrogen-bond donors (Lipinski definition) is 2. The van der Waals surface area contributed by atoms with Crippen LogP contribution >= 0.6 is 0 Å². The molecule has 0 saturated carbocycles. The molecule has 1 unspecified atom stereocenters. The van der Waals surface area contributed by atoms with Crippen molar-refractivity contribution in [1.29, 1.82) is 0 Å². The lowest BCUT2D eigenvalue weighted by Gasteiger charge is -2.12. The van der Waals surface area contributed by atoms with Crippen LogP contribution in [0.1, 0.15) is 20.3 Å². The Morgan fingerprint density at radius 1 is 1.67 bits per heavy atom. The number of rotatable bonds is 2. The predicted octanol–water partition coefficient (Wildman–Crippen LogP) is -0.339. The van der Waals surface area contributed by atoms with Gasteiger partial charge in [-0.1, -0.05) is 0 Å². The minimum absolute atomic E-state index is 0.0861. The topological polar surface area (TPSA) is 58.6 Å². The lowest BCUT2D eigenvalue weighted by molar-refractivity contribution is -0.149. The van der Waals surface area contributed by atoms with Crippen molar-refractivity contribution in [1.82, 2.24) is 5.32 Å². The van der Waals surface area contributed by atoms with Crippen molar-refractivity contribution in [3.63, 3.8) is 0 Å². The molecule has 0 aromatic rings. The fourth-order valence-electron chi connectivity index (χ4n) is 1.21. The van der Waals surface area contributed by atoms with Crippen LogP contribution in [0, 0.1) is 0 Å². The van der Waals surface area contributed by atoms with E-state index >= 15 is 0 Å². The number of aliphatic hydroxyl groups excluding tert-OH is 1. The van der Waals surface area contributed by atoms with Crippen molar-refractivity contribution in [2.75, 3.05) is 6.54 Å². The molecule has 1 saturated heterocycles. The van der Waals surface area contributed by atoms with Crippen molar-refractivity contribution in [3.8, 4) is 0 Å². The molecule has 0 aliphatic carbocycles. The lowest BCUT2D eigenvalue weighted by Crippen LogP contribution is -2.33. The molecule has 1 rings (SSSR count). The van der Waals surface area contributed by atoms with E-state index in [1.54, 1.807) is 0 Å². The smallest absolute Gasteiger partial charge is 0.323 e. The van der Waals surface area contributed by atoms with E-state index in [2.05, 4.69) is 5.32 Å². The first kappa shape index (κ1) is 9.48. The molecule has 0 radical (unpaired) electrons. The minimum Gasteiger partial charge on any atom is -0.462 e. The number of nitrogens with one attached hydrogen (secondary N) is 1. The third-order valence-corrected chi connectivity index (χ3v) is 1.74. The van der Waals surface area contributed by atoms with Gasteiger partial charge in [-0.05, 0) is 13.8 Å². The maximum atomic E-state index is 11.2. The molecule has 2 N–H and O–H groups in total. The van der Waals surface area contributed by atoms with Crippen LogP contribution in [0.4, 0.5) is 0 Å². The third kappa shape index (κ3) is 2.46. The van der Waals surface area contributed by atoms with Crippen LogP contribution < -0.4 is 5.32 Å². The number of carbonyl (C=O) groups is 1. The van der Waals surface area contributed by atoms with Crippen LogP contribution in [0.25, 0.3) is 0 Å². The number of aliphatic hydroxyl groups is 1.